The molecule has 1 N–H and O–H groups in total. The summed E-state index contributed by atoms with van der Waals surface area (Å²) in [5, 5.41) is 4.10. The van der Waals surface area contributed by atoms with E-state index in [2.05, 4.69) is 46.8 Å². The third kappa shape index (κ3) is 5.03. The van der Waals surface area contributed by atoms with Gasteiger partial charge in [-0.15, -0.1) is 0 Å². The van der Waals surface area contributed by atoms with Gasteiger partial charge in [-0.1, -0.05) is 17.7 Å². The number of methoxy groups -OCH3 is 1. The van der Waals surface area contributed by atoms with E-state index in [1.165, 1.54) is 0 Å². The summed E-state index contributed by atoms with van der Waals surface area (Å²) in [4.78, 5) is 7.23. The number of halogens is 1. The first-order valence-corrected chi connectivity index (χ1v) is 12.2. The van der Waals surface area contributed by atoms with Gasteiger partial charge in [-0.3, -0.25) is 0 Å². The Morgan fingerprint density at radius 1 is 1.03 bits per heavy atom. The van der Waals surface area contributed by atoms with Crippen molar-refractivity contribution in [3.8, 4) is 11.5 Å². The molecule has 0 saturated heterocycles. The monoisotopic (exact) mass is 492 g/mol. The molecule has 7 heteroatoms. The summed E-state index contributed by atoms with van der Waals surface area (Å²) in [6, 6.07) is 18.4. The van der Waals surface area contributed by atoms with E-state index in [0.717, 1.165) is 45.4 Å². The van der Waals surface area contributed by atoms with Gasteiger partial charge in [-0.25, -0.2) is 4.98 Å². The number of ether oxygens (including phenoxy) is 2. The van der Waals surface area contributed by atoms with Crippen LogP contribution in [0.25, 0.3) is 11.0 Å². The van der Waals surface area contributed by atoms with Crippen LogP contribution in [0.15, 0.2) is 54.6 Å². The topological polar surface area (TPSA) is 51.6 Å². The fourth-order valence-corrected chi connectivity index (χ4v) is 4.64. The molecule has 35 heavy (non-hydrogen) atoms. The number of fused-ring (bicyclic) bond motifs is 1. The highest BCUT2D eigenvalue weighted by atomic mass is 35.5. The lowest BCUT2D eigenvalue weighted by Crippen LogP contribution is -2.26. The van der Waals surface area contributed by atoms with Gasteiger partial charge in [-0.2, -0.15) is 0 Å². The van der Waals surface area contributed by atoms with E-state index in [9.17, 15) is 0 Å². The lowest BCUT2D eigenvalue weighted by atomic mass is 10.1. The molecule has 0 spiro atoms. The third-order valence-corrected chi connectivity index (χ3v) is 6.07. The van der Waals surface area contributed by atoms with Crippen LogP contribution in [0.5, 0.6) is 11.5 Å². The normalized spacial score (nSPS) is 11.4. The van der Waals surface area contributed by atoms with Gasteiger partial charge in [0.15, 0.2) is 0 Å². The van der Waals surface area contributed by atoms with E-state index in [1.807, 2.05) is 58.2 Å². The summed E-state index contributed by atoms with van der Waals surface area (Å²) in [7, 11) is 3.66. The van der Waals surface area contributed by atoms with Crippen molar-refractivity contribution in [1.82, 2.24) is 9.55 Å². The van der Waals surface area contributed by atoms with E-state index in [1.54, 1.807) is 13.2 Å². The number of anilines is 4. The number of imidazole rings is 1. The summed E-state index contributed by atoms with van der Waals surface area (Å²) in [5.41, 5.74) is 5.94. The molecule has 0 bridgehead atoms. The Kier molecular flexibility index (Phi) is 7.13. The maximum Gasteiger partial charge on any atom is 0.208 e. The quantitative estimate of drug-likeness (QED) is 0.274. The zero-order valence-electron chi connectivity index (χ0n) is 21.4. The molecule has 1 aromatic heterocycles. The van der Waals surface area contributed by atoms with Gasteiger partial charge in [0.2, 0.25) is 5.95 Å². The van der Waals surface area contributed by atoms with E-state index < -0.39 is 0 Å². The predicted octanol–water partition coefficient (Wildman–Crippen LogP) is 7.62. The average Bonchev–Trinajstić information content (AvgIpc) is 3.12. The average molecular weight is 493 g/mol. The molecule has 4 aromatic rings. The molecule has 1 heterocycles. The van der Waals surface area contributed by atoms with Gasteiger partial charge in [0.25, 0.3) is 0 Å². The third-order valence-electron chi connectivity index (χ3n) is 5.86. The number of nitrogens with one attached hydrogen (secondary N) is 1. The minimum Gasteiger partial charge on any atom is -0.495 e. The van der Waals surface area contributed by atoms with Crippen LogP contribution in [-0.4, -0.2) is 28.8 Å². The summed E-state index contributed by atoms with van der Waals surface area (Å²) < 4.78 is 13.5. The van der Waals surface area contributed by atoms with Gasteiger partial charge < -0.3 is 24.3 Å². The van der Waals surface area contributed by atoms with Crippen molar-refractivity contribution < 1.29 is 9.47 Å². The standard InChI is InChI=1S/C28H33ClN4O2/c1-17(2)33(21-11-13-22(14-12-21)35-18(3)4)24-10-8-9-23-27(24)32(6)28(30-23)31-26-19(5)15-20(29)16-25(26)34-7/h8-18H,1-7H3,(H,30,31). The Hall–Kier alpha value is -3.38. The largest absolute Gasteiger partial charge is 0.495 e. The second-order valence-corrected chi connectivity index (χ2v) is 9.62. The maximum atomic E-state index is 6.24. The van der Waals surface area contributed by atoms with Crippen molar-refractivity contribution in [2.75, 3.05) is 17.3 Å². The van der Waals surface area contributed by atoms with E-state index in [-0.39, 0.29) is 12.1 Å². The summed E-state index contributed by atoms with van der Waals surface area (Å²) in [6.07, 6.45) is 0.138. The van der Waals surface area contributed by atoms with Crippen LogP contribution < -0.4 is 19.7 Å². The molecular weight excluding hydrogens is 460 g/mol. The van der Waals surface area contributed by atoms with Crippen LogP contribution >= 0.6 is 11.6 Å². The van der Waals surface area contributed by atoms with E-state index in [4.69, 9.17) is 26.1 Å². The van der Waals surface area contributed by atoms with Gasteiger partial charge in [0.1, 0.15) is 11.5 Å². The number of para-hydroxylation sites is 1. The molecule has 0 fully saturated rings. The van der Waals surface area contributed by atoms with Crippen LogP contribution in [-0.2, 0) is 7.05 Å². The molecule has 6 nitrogen and oxygen atoms in total. The van der Waals surface area contributed by atoms with Crippen LogP contribution in [0.4, 0.5) is 23.0 Å². The number of benzene rings is 3. The lowest BCUT2D eigenvalue weighted by molar-refractivity contribution is 0.242. The maximum absolute atomic E-state index is 6.24. The van der Waals surface area contributed by atoms with Crippen LogP contribution in [0.1, 0.15) is 33.3 Å². The summed E-state index contributed by atoms with van der Waals surface area (Å²) in [5.74, 6) is 2.26. The fourth-order valence-electron chi connectivity index (χ4n) is 4.37. The number of hydrogen-bond acceptors (Lipinski definition) is 5. The molecule has 184 valence electrons. The molecule has 0 aliphatic carbocycles. The smallest absolute Gasteiger partial charge is 0.208 e. The van der Waals surface area contributed by atoms with Gasteiger partial charge in [-0.05, 0) is 82.6 Å². The second-order valence-electron chi connectivity index (χ2n) is 9.19. The summed E-state index contributed by atoms with van der Waals surface area (Å²) >= 11 is 6.24. The van der Waals surface area contributed by atoms with Crippen molar-refractivity contribution in [2.45, 2.75) is 46.8 Å². The zero-order valence-corrected chi connectivity index (χ0v) is 22.1. The molecule has 0 saturated carbocycles. The van der Waals surface area contributed by atoms with Crippen LogP contribution in [0.2, 0.25) is 5.02 Å². The highest BCUT2D eigenvalue weighted by molar-refractivity contribution is 6.31. The molecule has 4 rings (SSSR count). The zero-order chi connectivity index (χ0) is 25.3. The van der Waals surface area contributed by atoms with Crippen molar-refractivity contribution in [2.24, 2.45) is 7.05 Å². The fraction of sp³-hybridized carbons (Fsp3) is 0.321. The van der Waals surface area contributed by atoms with Crippen LogP contribution in [0.3, 0.4) is 0 Å². The van der Waals surface area contributed by atoms with Crippen molar-refractivity contribution >= 4 is 45.6 Å². The number of hydrogen-bond donors (Lipinski definition) is 1. The molecule has 0 amide bonds. The first-order chi connectivity index (χ1) is 16.7. The number of aryl methyl sites for hydroxylation is 2. The number of rotatable bonds is 8. The minimum absolute atomic E-state index is 0.138. The highest BCUT2D eigenvalue weighted by Crippen LogP contribution is 2.38. The van der Waals surface area contributed by atoms with Crippen molar-refractivity contribution in [3.05, 3.63) is 65.2 Å². The number of nitrogens with zero attached hydrogens (tertiary/aromatic N) is 3. The Balaban J connectivity index is 1.78. The first-order valence-electron chi connectivity index (χ1n) is 11.8. The molecular formula is C28H33ClN4O2. The van der Waals surface area contributed by atoms with Crippen molar-refractivity contribution in [3.63, 3.8) is 0 Å². The highest BCUT2D eigenvalue weighted by Gasteiger charge is 2.21. The Labute approximate surface area is 212 Å². The Morgan fingerprint density at radius 2 is 1.74 bits per heavy atom. The van der Waals surface area contributed by atoms with Gasteiger partial charge in [0, 0.05) is 29.9 Å². The number of aromatic nitrogens is 2. The second kappa shape index (κ2) is 10.1. The summed E-state index contributed by atoms with van der Waals surface area (Å²) in [6.45, 7) is 10.4. The SMILES string of the molecule is COc1cc(Cl)cc(C)c1Nc1nc2cccc(N(c3ccc(OC(C)C)cc3)C(C)C)c2n1C. The Morgan fingerprint density at radius 3 is 2.37 bits per heavy atom. The van der Waals surface area contributed by atoms with Gasteiger partial charge >= 0.3 is 0 Å². The Bertz CT molecular complexity index is 1330. The van der Waals surface area contributed by atoms with Crippen LogP contribution in [0, 0.1) is 6.92 Å². The molecule has 0 radical (unpaired) electrons. The molecule has 0 unspecified atom stereocenters. The molecule has 0 aliphatic rings. The first kappa shape index (κ1) is 24.7. The van der Waals surface area contributed by atoms with E-state index in [0.29, 0.717) is 10.8 Å². The minimum atomic E-state index is 0.138. The van der Waals surface area contributed by atoms with Gasteiger partial charge in [0.05, 0.1) is 35.6 Å². The predicted molar refractivity (Wildman–Crippen MR) is 146 cm³/mol. The van der Waals surface area contributed by atoms with Crippen molar-refractivity contribution in [1.29, 1.82) is 0 Å². The van der Waals surface area contributed by atoms with E-state index >= 15 is 0 Å². The molecule has 0 atom stereocenters. The molecule has 3 aromatic carbocycles. The lowest BCUT2D eigenvalue weighted by Gasteiger charge is -2.30. The molecule has 0 aliphatic heterocycles.